The summed E-state index contributed by atoms with van der Waals surface area (Å²) >= 11 is 6.13. The molecule has 3 heteroatoms. The zero-order valence-corrected chi connectivity index (χ0v) is 10.6. The third-order valence-electron chi connectivity index (χ3n) is 2.81. The summed E-state index contributed by atoms with van der Waals surface area (Å²) in [5.74, 6) is -0.481. The minimum absolute atomic E-state index is 0.0786. The molecule has 1 saturated heterocycles. The van der Waals surface area contributed by atoms with Crippen LogP contribution in [0.25, 0.3) is 0 Å². The lowest BCUT2D eigenvalue weighted by Crippen LogP contribution is -2.23. The lowest BCUT2D eigenvalue weighted by Gasteiger charge is -2.17. The van der Waals surface area contributed by atoms with Gasteiger partial charge in [0.25, 0.3) is 0 Å². The highest BCUT2D eigenvalue weighted by Gasteiger charge is 2.38. The first-order valence-electron chi connectivity index (χ1n) is 5.57. The molecule has 2 nitrogen and oxygen atoms in total. The molecule has 0 amide bonds. The number of halogens is 1. The normalized spacial score (nSPS) is 28.2. The van der Waals surface area contributed by atoms with Gasteiger partial charge in [0.2, 0.25) is 0 Å². The van der Waals surface area contributed by atoms with Crippen molar-refractivity contribution in [1.82, 2.24) is 0 Å². The Morgan fingerprint density at radius 1 is 1.25 bits per heavy atom. The predicted molar refractivity (Wildman–Crippen MR) is 64.7 cm³/mol. The number of benzene rings is 1. The SMILES string of the molecule is C[C@@H]1OC(C)(C)O[C@H]1Cc1ccccc1Cl. The summed E-state index contributed by atoms with van der Waals surface area (Å²) in [4.78, 5) is 0. The van der Waals surface area contributed by atoms with E-state index in [1.807, 2.05) is 45.0 Å². The standard InChI is InChI=1S/C13H17ClO2/c1-9-12(16-13(2,3)15-9)8-10-6-4-5-7-11(10)14/h4-7,9,12H,8H2,1-3H3/t9-,12-/m0/s1. The van der Waals surface area contributed by atoms with Crippen molar-refractivity contribution >= 4 is 11.6 Å². The Hall–Kier alpha value is -0.570. The van der Waals surface area contributed by atoms with Crippen LogP contribution < -0.4 is 0 Å². The summed E-state index contributed by atoms with van der Waals surface area (Å²) in [6.07, 6.45) is 0.978. The van der Waals surface area contributed by atoms with Gasteiger partial charge in [-0.05, 0) is 32.4 Å². The van der Waals surface area contributed by atoms with Gasteiger partial charge in [-0.2, -0.15) is 0 Å². The Morgan fingerprint density at radius 2 is 1.94 bits per heavy atom. The van der Waals surface area contributed by atoms with Gasteiger partial charge >= 0.3 is 0 Å². The second-order valence-corrected chi connectivity index (χ2v) is 5.08. The third kappa shape index (κ3) is 2.57. The van der Waals surface area contributed by atoms with Crippen LogP contribution in [0, 0.1) is 0 Å². The first kappa shape index (κ1) is 11.9. The Morgan fingerprint density at radius 3 is 2.50 bits per heavy atom. The van der Waals surface area contributed by atoms with E-state index < -0.39 is 5.79 Å². The molecule has 0 aromatic heterocycles. The van der Waals surface area contributed by atoms with Gasteiger partial charge in [-0.15, -0.1) is 0 Å². The topological polar surface area (TPSA) is 18.5 Å². The molecule has 1 aliphatic rings. The molecule has 2 atom stereocenters. The van der Waals surface area contributed by atoms with E-state index in [1.54, 1.807) is 0 Å². The molecule has 0 bridgehead atoms. The number of rotatable bonds is 2. The van der Waals surface area contributed by atoms with Gasteiger partial charge in [-0.3, -0.25) is 0 Å². The molecule has 0 saturated carbocycles. The fourth-order valence-corrected chi connectivity index (χ4v) is 2.31. The average Bonchev–Trinajstić information content (AvgIpc) is 2.44. The van der Waals surface area contributed by atoms with Crippen molar-refractivity contribution in [3.8, 4) is 0 Å². The summed E-state index contributed by atoms with van der Waals surface area (Å²) in [5, 5.41) is 0.794. The van der Waals surface area contributed by atoms with Crippen LogP contribution in [-0.2, 0) is 15.9 Å². The maximum absolute atomic E-state index is 6.13. The van der Waals surface area contributed by atoms with Crippen molar-refractivity contribution in [2.75, 3.05) is 0 Å². The molecule has 1 aromatic carbocycles. The minimum Gasteiger partial charge on any atom is -0.345 e. The van der Waals surface area contributed by atoms with E-state index in [2.05, 4.69) is 0 Å². The van der Waals surface area contributed by atoms with Crippen molar-refractivity contribution in [3.05, 3.63) is 34.9 Å². The molecule has 1 aromatic rings. The summed E-state index contributed by atoms with van der Waals surface area (Å²) in [6, 6.07) is 7.87. The fourth-order valence-electron chi connectivity index (χ4n) is 2.10. The van der Waals surface area contributed by atoms with Gasteiger partial charge in [-0.1, -0.05) is 29.8 Å². The Labute approximate surface area is 102 Å². The predicted octanol–water partition coefficient (Wildman–Crippen LogP) is 3.42. The molecule has 0 radical (unpaired) electrons. The first-order valence-corrected chi connectivity index (χ1v) is 5.95. The van der Waals surface area contributed by atoms with Gasteiger partial charge in [0.1, 0.15) is 0 Å². The van der Waals surface area contributed by atoms with Crippen LogP contribution in [0.4, 0.5) is 0 Å². The zero-order chi connectivity index (χ0) is 11.8. The van der Waals surface area contributed by atoms with Crippen LogP contribution in [0.3, 0.4) is 0 Å². The molecule has 1 heterocycles. The third-order valence-corrected chi connectivity index (χ3v) is 3.18. The van der Waals surface area contributed by atoms with Crippen molar-refractivity contribution < 1.29 is 9.47 Å². The highest BCUT2D eigenvalue weighted by Crippen LogP contribution is 2.31. The number of hydrogen-bond donors (Lipinski definition) is 0. The second kappa shape index (κ2) is 4.36. The molecule has 0 aliphatic carbocycles. The molecule has 0 spiro atoms. The molecular formula is C13H17ClO2. The van der Waals surface area contributed by atoms with E-state index in [0.29, 0.717) is 0 Å². The first-order chi connectivity index (χ1) is 7.48. The van der Waals surface area contributed by atoms with E-state index in [-0.39, 0.29) is 12.2 Å². The lowest BCUT2D eigenvalue weighted by molar-refractivity contribution is -0.144. The van der Waals surface area contributed by atoms with E-state index in [9.17, 15) is 0 Å². The van der Waals surface area contributed by atoms with E-state index >= 15 is 0 Å². The zero-order valence-electron chi connectivity index (χ0n) is 9.87. The Kier molecular flexibility index (Phi) is 3.24. The van der Waals surface area contributed by atoms with Crippen LogP contribution in [0.5, 0.6) is 0 Å². The van der Waals surface area contributed by atoms with Crippen LogP contribution in [-0.4, -0.2) is 18.0 Å². The molecule has 2 rings (SSSR count). The molecule has 0 N–H and O–H groups in total. The van der Waals surface area contributed by atoms with Crippen LogP contribution in [0.1, 0.15) is 26.3 Å². The highest BCUT2D eigenvalue weighted by atomic mass is 35.5. The van der Waals surface area contributed by atoms with Crippen LogP contribution in [0.2, 0.25) is 5.02 Å². The quantitative estimate of drug-likeness (QED) is 0.789. The summed E-state index contributed by atoms with van der Waals surface area (Å²) in [7, 11) is 0. The van der Waals surface area contributed by atoms with Crippen molar-refractivity contribution in [3.63, 3.8) is 0 Å². The van der Waals surface area contributed by atoms with Crippen molar-refractivity contribution in [2.24, 2.45) is 0 Å². The van der Waals surface area contributed by atoms with Crippen LogP contribution >= 0.6 is 11.6 Å². The summed E-state index contributed by atoms with van der Waals surface area (Å²) in [6.45, 7) is 5.92. The van der Waals surface area contributed by atoms with Crippen LogP contribution in [0.15, 0.2) is 24.3 Å². The Balaban J connectivity index is 2.09. The average molecular weight is 241 g/mol. The van der Waals surface area contributed by atoms with E-state index in [0.717, 1.165) is 17.0 Å². The largest absolute Gasteiger partial charge is 0.345 e. The van der Waals surface area contributed by atoms with E-state index in [1.165, 1.54) is 0 Å². The van der Waals surface area contributed by atoms with E-state index in [4.69, 9.17) is 21.1 Å². The maximum atomic E-state index is 6.13. The molecule has 16 heavy (non-hydrogen) atoms. The van der Waals surface area contributed by atoms with Gasteiger partial charge < -0.3 is 9.47 Å². The van der Waals surface area contributed by atoms with Crippen molar-refractivity contribution in [2.45, 2.75) is 45.2 Å². The number of ether oxygens (including phenoxy) is 2. The lowest BCUT2D eigenvalue weighted by atomic mass is 10.0. The Bertz CT molecular complexity index is 376. The monoisotopic (exact) mass is 240 g/mol. The van der Waals surface area contributed by atoms with Gasteiger partial charge in [0, 0.05) is 11.4 Å². The maximum Gasteiger partial charge on any atom is 0.163 e. The van der Waals surface area contributed by atoms with Gasteiger partial charge in [0.15, 0.2) is 5.79 Å². The van der Waals surface area contributed by atoms with Gasteiger partial charge in [0.05, 0.1) is 12.2 Å². The molecule has 88 valence electrons. The summed E-state index contributed by atoms with van der Waals surface area (Å²) in [5.41, 5.74) is 1.11. The molecule has 1 fully saturated rings. The number of hydrogen-bond acceptors (Lipinski definition) is 2. The summed E-state index contributed by atoms with van der Waals surface area (Å²) < 4.78 is 11.5. The second-order valence-electron chi connectivity index (χ2n) is 4.67. The molecule has 1 aliphatic heterocycles. The fraction of sp³-hybridized carbons (Fsp3) is 0.538. The minimum atomic E-state index is -0.481. The smallest absolute Gasteiger partial charge is 0.163 e. The highest BCUT2D eigenvalue weighted by molar-refractivity contribution is 6.31. The van der Waals surface area contributed by atoms with Crippen molar-refractivity contribution in [1.29, 1.82) is 0 Å². The molecule has 0 unspecified atom stereocenters. The molecular weight excluding hydrogens is 224 g/mol. The van der Waals surface area contributed by atoms with Gasteiger partial charge in [-0.25, -0.2) is 0 Å².